The average Bonchev–Trinajstić information content (AvgIpc) is 2.86. The lowest BCUT2D eigenvalue weighted by molar-refractivity contribution is 0.402. The fourth-order valence-corrected chi connectivity index (χ4v) is 3.62. The molecule has 0 bridgehead atoms. The van der Waals surface area contributed by atoms with Crippen molar-refractivity contribution in [2.24, 2.45) is 0 Å². The maximum Gasteiger partial charge on any atom is 0.266 e. The van der Waals surface area contributed by atoms with Gasteiger partial charge in [-0.05, 0) is 32.0 Å². The van der Waals surface area contributed by atoms with E-state index in [0.717, 1.165) is 0 Å². The molecule has 0 aliphatic rings. The largest absolute Gasteiger partial charge is 0.495 e. The molecular formula is C13H16BrN3O3S. The summed E-state index contributed by atoms with van der Waals surface area (Å²) in [5.41, 5.74) is 0. The van der Waals surface area contributed by atoms with E-state index in [1.165, 1.54) is 13.2 Å². The first kappa shape index (κ1) is 15.8. The van der Waals surface area contributed by atoms with Crippen LogP contribution in [0.1, 0.15) is 19.9 Å². The summed E-state index contributed by atoms with van der Waals surface area (Å²) in [6.45, 7) is 3.84. The second kappa shape index (κ2) is 6.07. The summed E-state index contributed by atoms with van der Waals surface area (Å²) in [4.78, 5) is 0.0656. The summed E-state index contributed by atoms with van der Waals surface area (Å²) in [5.74, 6) is 0.688. The highest BCUT2D eigenvalue weighted by Crippen LogP contribution is 2.29. The van der Waals surface area contributed by atoms with Crippen molar-refractivity contribution in [3.05, 3.63) is 34.9 Å². The Morgan fingerprint density at radius 2 is 2.05 bits per heavy atom. The minimum atomic E-state index is -3.77. The zero-order chi connectivity index (χ0) is 15.6. The van der Waals surface area contributed by atoms with Crippen molar-refractivity contribution in [2.45, 2.75) is 24.8 Å². The number of nitrogens with one attached hydrogen (secondary N) is 1. The van der Waals surface area contributed by atoms with Gasteiger partial charge in [0.2, 0.25) is 0 Å². The zero-order valence-electron chi connectivity index (χ0n) is 11.9. The fraction of sp³-hybridized carbons (Fsp3) is 0.308. The molecule has 114 valence electrons. The maximum absolute atomic E-state index is 12.6. The monoisotopic (exact) mass is 373 g/mol. The number of benzene rings is 1. The number of anilines is 1. The molecule has 2 aromatic rings. The van der Waals surface area contributed by atoms with Gasteiger partial charge < -0.3 is 4.74 Å². The van der Waals surface area contributed by atoms with Gasteiger partial charge in [-0.3, -0.25) is 4.72 Å². The first-order chi connectivity index (χ1) is 9.85. The molecule has 2 rings (SSSR count). The molecule has 0 saturated carbocycles. The predicted octanol–water partition coefficient (Wildman–Crippen LogP) is 3.04. The summed E-state index contributed by atoms with van der Waals surface area (Å²) < 4.78 is 35.0. The van der Waals surface area contributed by atoms with E-state index < -0.39 is 10.0 Å². The Bertz CT molecular complexity index is 741. The second-order valence-corrected chi connectivity index (χ2v) is 7.22. The number of sulfonamides is 1. The molecule has 1 heterocycles. The molecule has 1 aromatic heterocycles. The molecule has 0 aliphatic heterocycles. The first-order valence-electron chi connectivity index (χ1n) is 6.25. The molecule has 0 atom stereocenters. The van der Waals surface area contributed by atoms with Crippen molar-refractivity contribution in [1.82, 2.24) is 9.78 Å². The van der Waals surface area contributed by atoms with Crippen LogP contribution in [0.5, 0.6) is 5.75 Å². The molecule has 21 heavy (non-hydrogen) atoms. The number of nitrogens with zero attached hydrogens (tertiary/aromatic N) is 2. The Kier molecular flexibility index (Phi) is 4.58. The van der Waals surface area contributed by atoms with E-state index in [1.807, 2.05) is 13.8 Å². The van der Waals surface area contributed by atoms with E-state index in [2.05, 4.69) is 25.8 Å². The van der Waals surface area contributed by atoms with Gasteiger partial charge in [0.15, 0.2) is 0 Å². The van der Waals surface area contributed by atoms with Gasteiger partial charge in [0.25, 0.3) is 10.0 Å². The second-order valence-electron chi connectivity index (χ2n) is 4.66. The highest BCUT2D eigenvalue weighted by atomic mass is 79.9. The summed E-state index contributed by atoms with van der Waals surface area (Å²) in [5, 5.41) is 4.10. The lowest BCUT2D eigenvalue weighted by Crippen LogP contribution is -2.18. The van der Waals surface area contributed by atoms with Gasteiger partial charge >= 0.3 is 0 Å². The summed E-state index contributed by atoms with van der Waals surface area (Å²) in [7, 11) is -2.34. The average molecular weight is 374 g/mol. The van der Waals surface area contributed by atoms with Crippen LogP contribution in [-0.2, 0) is 10.0 Å². The number of halogens is 1. The maximum atomic E-state index is 12.6. The van der Waals surface area contributed by atoms with Gasteiger partial charge in [-0.2, -0.15) is 5.10 Å². The standard InChI is InChI=1S/C13H16BrN3O3S/c1-9(2)17-13(6-7-15-17)16-21(18,19)12-8-10(14)4-5-11(12)20-3/h4-9,16H,1-3H3. The van der Waals surface area contributed by atoms with Crippen LogP contribution in [0, 0.1) is 0 Å². The third-order valence-electron chi connectivity index (χ3n) is 2.81. The molecule has 8 heteroatoms. The highest BCUT2D eigenvalue weighted by Gasteiger charge is 2.22. The van der Waals surface area contributed by atoms with Crippen molar-refractivity contribution in [3.8, 4) is 5.75 Å². The number of hydrogen-bond donors (Lipinski definition) is 1. The van der Waals surface area contributed by atoms with Crippen LogP contribution in [-0.4, -0.2) is 25.3 Å². The molecule has 0 fully saturated rings. The molecule has 0 radical (unpaired) electrons. The number of methoxy groups -OCH3 is 1. The summed E-state index contributed by atoms with van der Waals surface area (Å²) >= 11 is 3.27. The lowest BCUT2D eigenvalue weighted by Gasteiger charge is -2.14. The minimum absolute atomic E-state index is 0.0436. The van der Waals surface area contributed by atoms with Crippen molar-refractivity contribution < 1.29 is 13.2 Å². The smallest absolute Gasteiger partial charge is 0.266 e. The Morgan fingerprint density at radius 1 is 1.33 bits per heavy atom. The topological polar surface area (TPSA) is 73.2 Å². The van der Waals surface area contributed by atoms with Crippen LogP contribution in [0.3, 0.4) is 0 Å². The van der Waals surface area contributed by atoms with E-state index in [0.29, 0.717) is 10.3 Å². The lowest BCUT2D eigenvalue weighted by atomic mass is 10.3. The van der Waals surface area contributed by atoms with Gasteiger partial charge in [0.05, 0.1) is 13.3 Å². The van der Waals surface area contributed by atoms with E-state index in [4.69, 9.17) is 4.74 Å². The van der Waals surface area contributed by atoms with Crippen LogP contribution in [0.4, 0.5) is 5.82 Å². The Morgan fingerprint density at radius 3 is 2.67 bits per heavy atom. The van der Waals surface area contributed by atoms with E-state index in [9.17, 15) is 8.42 Å². The number of aromatic nitrogens is 2. The summed E-state index contributed by atoms with van der Waals surface area (Å²) in [6.07, 6.45) is 1.55. The van der Waals surface area contributed by atoms with Crippen LogP contribution in [0.25, 0.3) is 0 Å². The Balaban J connectivity index is 2.43. The van der Waals surface area contributed by atoms with E-state index in [-0.39, 0.29) is 16.7 Å². The predicted molar refractivity (Wildman–Crippen MR) is 84.1 cm³/mol. The van der Waals surface area contributed by atoms with Gasteiger partial charge in [-0.1, -0.05) is 15.9 Å². The molecule has 0 saturated heterocycles. The van der Waals surface area contributed by atoms with Crippen molar-refractivity contribution in [3.63, 3.8) is 0 Å². The van der Waals surface area contributed by atoms with Gasteiger partial charge in [0, 0.05) is 16.6 Å². The van der Waals surface area contributed by atoms with E-state index in [1.54, 1.807) is 29.1 Å². The Labute approximate surface area is 132 Å². The third kappa shape index (κ3) is 3.38. The number of hydrogen-bond acceptors (Lipinski definition) is 4. The summed E-state index contributed by atoms with van der Waals surface area (Å²) in [6, 6.07) is 6.47. The molecule has 0 unspecified atom stereocenters. The first-order valence-corrected chi connectivity index (χ1v) is 8.52. The van der Waals surface area contributed by atoms with Gasteiger partial charge in [-0.25, -0.2) is 13.1 Å². The van der Waals surface area contributed by atoms with Crippen LogP contribution >= 0.6 is 15.9 Å². The number of ether oxygens (including phenoxy) is 1. The molecule has 1 N–H and O–H groups in total. The van der Waals surface area contributed by atoms with Crippen molar-refractivity contribution in [1.29, 1.82) is 0 Å². The Hall–Kier alpha value is -1.54. The van der Waals surface area contributed by atoms with Crippen molar-refractivity contribution >= 4 is 31.8 Å². The van der Waals surface area contributed by atoms with E-state index >= 15 is 0 Å². The van der Waals surface area contributed by atoms with Gasteiger partial charge in [0.1, 0.15) is 16.5 Å². The molecule has 0 amide bonds. The molecule has 1 aromatic carbocycles. The normalized spacial score (nSPS) is 11.7. The van der Waals surface area contributed by atoms with Crippen LogP contribution in [0.15, 0.2) is 39.8 Å². The highest BCUT2D eigenvalue weighted by molar-refractivity contribution is 9.10. The van der Waals surface area contributed by atoms with Crippen LogP contribution in [0.2, 0.25) is 0 Å². The molecule has 0 spiro atoms. The third-order valence-corrected chi connectivity index (χ3v) is 4.68. The minimum Gasteiger partial charge on any atom is -0.495 e. The SMILES string of the molecule is COc1ccc(Br)cc1S(=O)(=O)Nc1ccnn1C(C)C. The molecule has 6 nitrogen and oxygen atoms in total. The quantitative estimate of drug-likeness (QED) is 0.873. The zero-order valence-corrected chi connectivity index (χ0v) is 14.3. The molecular weight excluding hydrogens is 358 g/mol. The number of rotatable bonds is 5. The van der Waals surface area contributed by atoms with Crippen molar-refractivity contribution in [2.75, 3.05) is 11.8 Å². The van der Waals surface area contributed by atoms with Gasteiger partial charge in [-0.15, -0.1) is 0 Å². The van der Waals surface area contributed by atoms with Crippen LogP contribution < -0.4 is 9.46 Å². The molecule has 0 aliphatic carbocycles. The fourth-order valence-electron chi connectivity index (χ4n) is 1.86.